The normalized spacial score (nSPS) is 17.5. The number of benzene rings is 2. The standard InChI is InChI=1S/C18H15BrN2O2/c1-11-15(17(22)12-6-3-2-4-7-12)16(21-18(23)20-11)13-8-5-9-14(19)10-13/h2-10,16H,1H3,(H2,20,21,23). The van der Waals surface area contributed by atoms with Crippen molar-refractivity contribution in [3.63, 3.8) is 0 Å². The Morgan fingerprint density at radius 1 is 1.09 bits per heavy atom. The van der Waals surface area contributed by atoms with Crippen LogP contribution < -0.4 is 10.6 Å². The van der Waals surface area contributed by atoms with Gasteiger partial charge < -0.3 is 10.6 Å². The van der Waals surface area contributed by atoms with Crippen LogP contribution in [0.25, 0.3) is 0 Å². The van der Waals surface area contributed by atoms with E-state index < -0.39 is 6.04 Å². The van der Waals surface area contributed by atoms with Crippen molar-refractivity contribution in [3.05, 3.63) is 81.5 Å². The smallest absolute Gasteiger partial charge is 0.319 e. The van der Waals surface area contributed by atoms with Crippen LogP contribution in [0.3, 0.4) is 0 Å². The first-order valence-corrected chi connectivity index (χ1v) is 7.99. The average Bonchev–Trinajstić information content (AvgIpc) is 2.54. The van der Waals surface area contributed by atoms with Crippen LogP contribution >= 0.6 is 15.9 Å². The van der Waals surface area contributed by atoms with E-state index in [4.69, 9.17) is 0 Å². The van der Waals surface area contributed by atoms with Gasteiger partial charge in [-0.1, -0.05) is 58.4 Å². The van der Waals surface area contributed by atoms with Crippen molar-refractivity contribution in [2.75, 3.05) is 0 Å². The minimum Gasteiger partial charge on any atom is -0.327 e. The maximum absolute atomic E-state index is 12.9. The summed E-state index contributed by atoms with van der Waals surface area (Å²) in [5, 5.41) is 5.53. The number of urea groups is 1. The molecule has 0 bridgehead atoms. The molecule has 2 amide bonds. The van der Waals surface area contributed by atoms with Gasteiger partial charge in [-0.25, -0.2) is 4.79 Å². The minimum absolute atomic E-state index is 0.0967. The van der Waals surface area contributed by atoms with E-state index in [9.17, 15) is 9.59 Å². The van der Waals surface area contributed by atoms with E-state index in [2.05, 4.69) is 26.6 Å². The Hall–Kier alpha value is -2.40. The van der Waals surface area contributed by atoms with Crippen LogP contribution in [0.15, 0.2) is 70.3 Å². The molecule has 1 aliphatic rings. The number of hydrogen-bond donors (Lipinski definition) is 2. The zero-order chi connectivity index (χ0) is 16.4. The number of nitrogens with one attached hydrogen (secondary N) is 2. The second-order valence-electron chi connectivity index (χ2n) is 5.32. The predicted molar refractivity (Wildman–Crippen MR) is 92.0 cm³/mol. The van der Waals surface area contributed by atoms with Crippen molar-refractivity contribution in [2.24, 2.45) is 0 Å². The number of Topliss-reactive ketones (excluding diaryl/α,β-unsaturated/α-hetero) is 1. The highest BCUT2D eigenvalue weighted by molar-refractivity contribution is 9.10. The first kappa shape index (κ1) is 15.5. The van der Waals surface area contributed by atoms with Crippen LogP contribution in [0.4, 0.5) is 4.79 Å². The lowest BCUT2D eigenvalue weighted by molar-refractivity contribution is 0.102. The van der Waals surface area contributed by atoms with E-state index in [0.717, 1.165) is 10.0 Å². The lowest BCUT2D eigenvalue weighted by Crippen LogP contribution is -2.45. The highest BCUT2D eigenvalue weighted by atomic mass is 79.9. The van der Waals surface area contributed by atoms with Gasteiger partial charge in [0.15, 0.2) is 5.78 Å². The summed E-state index contributed by atoms with van der Waals surface area (Å²) in [6.45, 7) is 1.75. The SMILES string of the molecule is CC1=C(C(=O)c2ccccc2)C(c2cccc(Br)c2)NC(=O)N1. The van der Waals surface area contributed by atoms with Crippen molar-refractivity contribution < 1.29 is 9.59 Å². The lowest BCUT2D eigenvalue weighted by Gasteiger charge is -2.28. The topological polar surface area (TPSA) is 58.2 Å². The third kappa shape index (κ3) is 3.19. The van der Waals surface area contributed by atoms with Crippen molar-refractivity contribution in [1.82, 2.24) is 10.6 Å². The van der Waals surface area contributed by atoms with Crippen molar-refractivity contribution in [1.29, 1.82) is 0 Å². The largest absolute Gasteiger partial charge is 0.327 e. The number of rotatable bonds is 3. The maximum Gasteiger partial charge on any atom is 0.319 e. The number of halogens is 1. The molecule has 23 heavy (non-hydrogen) atoms. The van der Waals surface area contributed by atoms with Crippen molar-refractivity contribution in [3.8, 4) is 0 Å². The Morgan fingerprint density at radius 3 is 2.52 bits per heavy atom. The van der Waals surface area contributed by atoms with Crippen LogP contribution in [-0.4, -0.2) is 11.8 Å². The van der Waals surface area contributed by atoms with Crippen molar-refractivity contribution >= 4 is 27.7 Å². The predicted octanol–water partition coefficient (Wildman–Crippen LogP) is 3.96. The van der Waals surface area contributed by atoms with E-state index >= 15 is 0 Å². The third-order valence-electron chi connectivity index (χ3n) is 3.73. The quantitative estimate of drug-likeness (QED) is 0.803. The fraction of sp³-hybridized carbons (Fsp3) is 0.111. The third-order valence-corrected chi connectivity index (χ3v) is 4.23. The molecule has 2 aromatic carbocycles. The number of ketones is 1. The molecule has 4 nitrogen and oxygen atoms in total. The van der Waals surface area contributed by atoms with Gasteiger partial charge in [-0.3, -0.25) is 4.79 Å². The summed E-state index contributed by atoms with van der Waals surface area (Å²) in [6, 6.07) is 15.9. The molecule has 3 rings (SSSR count). The fourth-order valence-corrected chi connectivity index (χ4v) is 3.09. The number of allylic oxidation sites excluding steroid dienone is 1. The summed E-state index contributed by atoms with van der Waals surface area (Å²) in [4.78, 5) is 24.8. The molecule has 0 radical (unpaired) electrons. The van der Waals surface area contributed by atoms with Gasteiger partial charge in [0.2, 0.25) is 0 Å². The first-order chi connectivity index (χ1) is 11.1. The Bertz CT molecular complexity index is 800. The summed E-state index contributed by atoms with van der Waals surface area (Å²) in [7, 11) is 0. The van der Waals surface area contributed by atoms with E-state index in [0.29, 0.717) is 16.8 Å². The van der Waals surface area contributed by atoms with Gasteiger partial charge in [-0.05, 0) is 24.6 Å². The van der Waals surface area contributed by atoms with Crippen molar-refractivity contribution in [2.45, 2.75) is 13.0 Å². The number of hydrogen-bond acceptors (Lipinski definition) is 2. The van der Waals surface area contributed by atoms with E-state index in [1.54, 1.807) is 19.1 Å². The van der Waals surface area contributed by atoms with E-state index in [1.807, 2.05) is 42.5 Å². The Kier molecular flexibility index (Phi) is 4.30. The van der Waals surface area contributed by atoms with Crippen LogP contribution in [0.2, 0.25) is 0 Å². The highest BCUT2D eigenvalue weighted by Gasteiger charge is 2.31. The minimum atomic E-state index is -0.478. The van der Waals surface area contributed by atoms with Gasteiger partial charge in [0.25, 0.3) is 0 Å². The van der Waals surface area contributed by atoms with Gasteiger partial charge in [-0.2, -0.15) is 0 Å². The molecular formula is C18H15BrN2O2. The molecule has 0 saturated carbocycles. The summed E-state index contributed by atoms with van der Waals surface area (Å²) in [5.74, 6) is -0.0967. The summed E-state index contributed by atoms with van der Waals surface area (Å²) >= 11 is 3.43. The molecule has 0 aromatic heterocycles. The molecule has 1 unspecified atom stereocenters. The molecule has 2 aromatic rings. The first-order valence-electron chi connectivity index (χ1n) is 7.20. The summed E-state index contributed by atoms with van der Waals surface area (Å²) in [6.07, 6.45) is 0. The Labute approximate surface area is 142 Å². The molecule has 116 valence electrons. The van der Waals surface area contributed by atoms with E-state index in [1.165, 1.54) is 0 Å². The molecule has 0 fully saturated rings. The molecule has 0 spiro atoms. The summed E-state index contributed by atoms with van der Waals surface area (Å²) < 4.78 is 0.895. The van der Waals surface area contributed by atoms with Gasteiger partial charge in [0.05, 0.1) is 6.04 Å². The lowest BCUT2D eigenvalue weighted by atomic mass is 9.90. The number of carbonyl (C=O) groups is 2. The molecule has 5 heteroatoms. The van der Waals surface area contributed by atoms with Crippen LogP contribution in [-0.2, 0) is 0 Å². The average molecular weight is 371 g/mol. The number of carbonyl (C=O) groups excluding carboxylic acids is 2. The molecule has 1 heterocycles. The fourth-order valence-electron chi connectivity index (χ4n) is 2.68. The number of amides is 2. The maximum atomic E-state index is 12.9. The Morgan fingerprint density at radius 2 is 1.83 bits per heavy atom. The summed E-state index contributed by atoms with van der Waals surface area (Å²) in [5.41, 5.74) is 2.58. The molecule has 0 saturated heterocycles. The molecule has 1 atom stereocenters. The van der Waals surface area contributed by atoms with E-state index in [-0.39, 0.29) is 11.8 Å². The van der Waals surface area contributed by atoms with Gasteiger partial charge in [0.1, 0.15) is 0 Å². The van der Waals surface area contributed by atoms with Gasteiger partial charge in [-0.15, -0.1) is 0 Å². The second-order valence-corrected chi connectivity index (χ2v) is 6.24. The van der Waals surface area contributed by atoms with Gasteiger partial charge in [0, 0.05) is 21.3 Å². The van der Waals surface area contributed by atoms with Crippen LogP contribution in [0, 0.1) is 0 Å². The zero-order valence-corrected chi connectivity index (χ0v) is 14.1. The van der Waals surface area contributed by atoms with Crippen LogP contribution in [0.5, 0.6) is 0 Å². The molecule has 0 aliphatic carbocycles. The molecule has 2 N–H and O–H groups in total. The Balaban J connectivity index is 2.08. The molecular weight excluding hydrogens is 356 g/mol. The second kappa shape index (κ2) is 6.38. The monoisotopic (exact) mass is 370 g/mol. The van der Waals surface area contributed by atoms with Crippen LogP contribution in [0.1, 0.15) is 28.9 Å². The zero-order valence-electron chi connectivity index (χ0n) is 12.5. The van der Waals surface area contributed by atoms with Gasteiger partial charge >= 0.3 is 6.03 Å². The highest BCUT2D eigenvalue weighted by Crippen LogP contribution is 2.30. The molecule has 1 aliphatic heterocycles.